The van der Waals surface area contributed by atoms with E-state index in [9.17, 15) is 9.59 Å². The summed E-state index contributed by atoms with van der Waals surface area (Å²) in [5.41, 5.74) is 2.94. The molecule has 1 aromatic carbocycles. The Morgan fingerprint density at radius 2 is 1.95 bits per heavy atom. The minimum atomic E-state index is -0.490. The molecule has 2 N–H and O–H groups in total. The number of benzene rings is 1. The van der Waals surface area contributed by atoms with Gasteiger partial charge in [0.15, 0.2) is 11.5 Å². The molecule has 2 amide bonds. The fourth-order valence-electron chi connectivity index (χ4n) is 1.75. The van der Waals surface area contributed by atoms with Crippen LogP contribution in [0.4, 0.5) is 0 Å². The predicted octanol–water partition coefficient (Wildman–Crippen LogP) is 1.07. The molecule has 120 valence electrons. The van der Waals surface area contributed by atoms with E-state index in [1.807, 2.05) is 13.8 Å². The molecular formula is C15H21N3O4. The van der Waals surface area contributed by atoms with Crippen molar-refractivity contribution in [3.63, 3.8) is 0 Å². The predicted molar refractivity (Wildman–Crippen MR) is 83.2 cm³/mol. The van der Waals surface area contributed by atoms with Crippen LogP contribution in [0.1, 0.15) is 25.8 Å². The van der Waals surface area contributed by atoms with Crippen LogP contribution in [0.15, 0.2) is 23.3 Å². The van der Waals surface area contributed by atoms with Gasteiger partial charge in [-0.25, -0.2) is 5.43 Å². The lowest BCUT2D eigenvalue weighted by Gasteiger charge is -2.09. The summed E-state index contributed by atoms with van der Waals surface area (Å²) in [6.07, 6.45) is 1.16. The van der Waals surface area contributed by atoms with Crippen LogP contribution in [-0.4, -0.2) is 38.3 Å². The number of amides is 2. The Labute approximate surface area is 129 Å². The van der Waals surface area contributed by atoms with Gasteiger partial charge in [-0.1, -0.05) is 6.07 Å². The number of nitrogens with one attached hydrogen (secondary N) is 2. The van der Waals surface area contributed by atoms with Gasteiger partial charge >= 0.3 is 0 Å². The zero-order valence-electron chi connectivity index (χ0n) is 13.2. The Balaban J connectivity index is 2.63. The molecule has 0 atom stereocenters. The van der Waals surface area contributed by atoms with Crippen molar-refractivity contribution in [3.05, 3.63) is 23.8 Å². The Morgan fingerprint density at radius 3 is 2.55 bits per heavy atom. The molecule has 0 heterocycles. The maximum Gasteiger partial charge on any atom is 0.249 e. The summed E-state index contributed by atoms with van der Waals surface area (Å²) in [5, 5.41) is 6.44. The summed E-state index contributed by atoms with van der Waals surface area (Å²) in [5.74, 6) is 0.243. The summed E-state index contributed by atoms with van der Waals surface area (Å²) in [6, 6.07) is 5.29. The van der Waals surface area contributed by atoms with E-state index in [2.05, 4.69) is 15.8 Å². The molecule has 1 aromatic rings. The van der Waals surface area contributed by atoms with Crippen LogP contribution in [0.3, 0.4) is 0 Å². The molecule has 0 radical (unpaired) electrons. The number of hydrogen-bond acceptors (Lipinski definition) is 5. The Kier molecular flexibility index (Phi) is 6.88. The van der Waals surface area contributed by atoms with E-state index in [0.717, 1.165) is 0 Å². The topological polar surface area (TPSA) is 89.0 Å². The van der Waals surface area contributed by atoms with E-state index in [4.69, 9.17) is 9.47 Å². The smallest absolute Gasteiger partial charge is 0.249 e. The molecule has 0 unspecified atom stereocenters. The van der Waals surface area contributed by atoms with E-state index in [0.29, 0.717) is 17.1 Å². The second-order valence-electron chi connectivity index (χ2n) is 4.77. The molecule has 7 nitrogen and oxygen atoms in total. The van der Waals surface area contributed by atoms with Crippen molar-refractivity contribution in [1.29, 1.82) is 0 Å². The minimum absolute atomic E-state index is 0.00940. The number of rotatable bonds is 7. The van der Waals surface area contributed by atoms with Gasteiger partial charge in [-0.2, -0.15) is 5.10 Å². The SMILES string of the molecule is COc1cccc(/C=N\NC(=O)CC(=O)NC(C)C)c1OC. The molecule has 0 spiro atoms. The summed E-state index contributed by atoms with van der Waals surface area (Å²) in [7, 11) is 3.05. The molecule has 7 heteroatoms. The molecule has 0 aliphatic rings. The molecule has 0 aromatic heterocycles. The zero-order valence-corrected chi connectivity index (χ0v) is 13.2. The lowest BCUT2D eigenvalue weighted by atomic mass is 10.2. The highest BCUT2D eigenvalue weighted by atomic mass is 16.5. The van der Waals surface area contributed by atoms with Gasteiger partial charge < -0.3 is 14.8 Å². The van der Waals surface area contributed by atoms with Crippen LogP contribution < -0.4 is 20.2 Å². The highest BCUT2D eigenvalue weighted by molar-refractivity contribution is 5.97. The molecule has 22 heavy (non-hydrogen) atoms. The number of methoxy groups -OCH3 is 2. The van der Waals surface area contributed by atoms with Crippen LogP contribution in [0, 0.1) is 0 Å². The largest absolute Gasteiger partial charge is 0.493 e. The van der Waals surface area contributed by atoms with E-state index < -0.39 is 5.91 Å². The molecule has 0 bridgehead atoms. The number of hydrazone groups is 1. The average Bonchev–Trinajstić information content (AvgIpc) is 2.45. The van der Waals surface area contributed by atoms with Crippen LogP contribution >= 0.6 is 0 Å². The van der Waals surface area contributed by atoms with E-state index in [-0.39, 0.29) is 18.4 Å². The van der Waals surface area contributed by atoms with Gasteiger partial charge in [0.25, 0.3) is 0 Å². The van der Waals surface area contributed by atoms with E-state index >= 15 is 0 Å². The first-order valence-electron chi connectivity index (χ1n) is 6.80. The quantitative estimate of drug-likeness (QED) is 0.448. The normalized spacial score (nSPS) is 10.6. The van der Waals surface area contributed by atoms with Crippen LogP contribution in [0.25, 0.3) is 0 Å². The van der Waals surface area contributed by atoms with Gasteiger partial charge in [0.05, 0.1) is 20.4 Å². The molecule has 0 fully saturated rings. The molecule has 0 aliphatic heterocycles. The van der Waals surface area contributed by atoms with Gasteiger partial charge in [0.2, 0.25) is 11.8 Å². The Bertz CT molecular complexity index is 556. The average molecular weight is 307 g/mol. The molecule has 0 saturated heterocycles. The molecule has 0 aliphatic carbocycles. The second-order valence-corrected chi connectivity index (χ2v) is 4.77. The van der Waals surface area contributed by atoms with E-state index in [1.54, 1.807) is 18.2 Å². The first kappa shape index (κ1) is 17.5. The van der Waals surface area contributed by atoms with Crippen LogP contribution in [0.5, 0.6) is 11.5 Å². The number of hydrogen-bond donors (Lipinski definition) is 2. The summed E-state index contributed by atoms with van der Waals surface area (Å²) in [6.45, 7) is 3.64. The molecule has 1 rings (SSSR count). The van der Waals surface area contributed by atoms with Crippen molar-refractivity contribution < 1.29 is 19.1 Å². The van der Waals surface area contributed by atoms with E-state index in [1.165, 1.54) is 20.4 Å². The van der Waals surface area contributed by atoms with Crippen molar-refractivity contribution in [2.24, 2.45) is 5.10 Å². The maximum absolute atomic E-state index is 11.6. The highest BCUT2D eigenvalue weighted by Crippen LogP contribution is 2.29. The first-order chi connectivity index (χ1) is 10.5. The second kappa shape index (κ2) is 8.66. The zero-order chi connectivity index (χ0) is 16.5. The number of carbonyl (C=O) groups excluding carboxylic acids is 2. The van der Waals surface area contributed by atoms with Crippen LogP contribution in [0.2, 0.25) is 0 Å². The lowest BCUT2D eigenvalue weighted by Crippen LogP contribution is -2.34. The Hall–Kier alpha value is -2.57. The number of carbonyl (C=O) groups is 2. The fraction of sp³-hybridized carbons (Fsp3) is 0.400. The van der Waals surface area contributed by atoms with Gasteiger partial charge in [0, 0.05) is 11.6 Å². The van der Waals surface area contributed by atoms with Gasteiger partial charge in [-0.3, -0.25) is 9.59 Å². The van der Waals surface area contributed by atoms with Gasteiger partial charge in [-0.05, 0) is 26.0 Å². The summed E-state index contributed by atoms with van der Waals surface area (Å²) >= 11 is 0. The van der Waals surface area contributed by atoms with Crippen molar-refractivity contribution in [3.8, 4) is 11.5 Å². The van der Waals surface area contributed by atoms with Crippen LogP contribution in [-0.2, 0) is 9.59 Å². The van der Waals surface area contributed by atoms with Crippen molar-refractivity contribution in [1.82, 2.24) is 10.7 Å². The Morgan fingerprint density at radius 1 is 1.23 bits per heavy atom. The first-order valence-corrected chi connectivity index (χ1v) is 6.80. The number of para-hydroxylation sites is 1. The van der Waals surface area contributed by atoms with Crippen molar-refractivity contribution in [2.75, 3.05) is 14.2 Å². The van der Waals surface area contributed by atoms with Crippen molar-refractivity contribution in [2.45, 2.75) is 26.3 Å². The third-order valence-electron chi connectivity index (χ3n) is 2.60. The maximum atomic E-state index is 11.6. The minimum Gasteiger partial charge on any atom is -0.493 e. The molecule has 0 saturated carbocycles. The number of ether oxygens (including phenoxy) is 2. The lowest BCUT2D eigenvalue weighted by molar-refractivity contribution is -0.129. The molecular weight excluding hydrogens is 286 g/mol. The van der Waals surface area contributed by atoms with Gasteiger partial charge in [-0.15, -0.1) is 0 Å². The van der Waals surface area contributed by atoms with Crippen molar-refractivity contribution >= 4 is 18.0 Å². The van der Waals surface area contributed by atoms with Gasteiger partial charge in [0.1, 0.15) is 6.42 Å². The number of nitrogens with zero attached hydrogens (tertiary/aromatic N) is 1. The summed E-state index contributed by atoms with van der Waals surface area (Å²) < 4.78 is 10.4. The summed E-state index contributed by atoms with van der Waals surface area (Å²) in [4.78, 5) is 23.0. The highest BCUT2D eigenvalue weighted by Gasteiger charge is 2.10. The standard InChI is InChI=1S/C15H21N3O4/c1-10(2)17-13(19)8-14(20)18-16-9-11-6-5-7-12(21-3)15(11)22-4/h5-7,9-10H,8H2,1-4H3,(H,17,19)(H,18,20)/b16-9-. The third-order valence-corrected chi connectivity index (χ3v) is 2.60. The monoisotopic (exact) mass is 307 g/mol. The fourth-order valence-corrected chi connectivity index (χ4v) is 1.75. The third kappa shape index (κ3) is 5.43.